The van der Waals surface area contributed by atoms with E-state index in [1.165, 1.54) is 25.7 Å². The number of hydrogen-bond donors (Lipinski definition) is 0. The van der Waals surface area contributed by atoms with E-state index < -0.39 is 0 Å². The van der Waals surface area contributed by atoms with Gasteiger partial charge in [0.15, 0.2) is 0 Å². The summed E-state index contributed by atoms with van der Waals surface area (Å²) in [6.07, 6.45) is 5.35. The zero-order valence-corrected chi connectivity index (χ0v) is 7.56. The molecule has 0 radical (unpaired) electrons. The Bertz CT molecular complexity index is 336. The van der Waals surface area contributed by atoms with Crippen molar-refractivity contribution in [2.75, 3.05) is 0 Å². The molecule has 0 aromatic heterocycles. The summed E-state index contributed by atoms with van der Waals surface area (Å²) >= 11 is 0. The quantitative estimate of drug-likeness (QED) is 0.598. The van der Waals surface area contributed by atoms with Crippen LogP contribution in [0.5, 0.6) is 0 Å². The Morgan fingerprint density at radius 3 is 2.83 bits per heavy atom. The van der Waals surface area contributed by atoms with Crippen molar-refractivity contribution in [3.05, 3.63) is 34.4 Å². The Morgan fingerprint density at radius 2 is 2.08 bits per heavy atom. The summed E-state index contributed by atoms with van der Waals surface area (Å²) in [5, 5.41) is 0. The van der Waals surface area contributed by atoms with Crippen LogP contribution in [0.15, 0.2) is 12.1 Å². The Hall–Kier alpha value is -0.780. The second-order valence-electron chi connectivity index (χ2n) is 4.15. The Balaban J connectivity index is 2.16. The zero-order valence-electron chi connectivity index (χ0n) is 7.56. The summed E-state index contributed by atoms with van der Waals surface area (Å²) < 4.78 is 0. The van der Waals surface area contributed by atoms with E-state index in [0.717, 1.165) is 5.92 Å². The lowest BCUT2D eigenvalue weighted by molar-refractivity contribution is 0.651. The summed E-state index contributed by atoms with van der Waals surface area (Å²) in [6.45, 7) is 2.32. The molecule has 0 fully saturated rings. The molecule has 3 aliphatic carbocycles. The lowest BCUT2D eigenvalue weighted by Gasteiger charge is -2.22. The van der Waals surface area contributed by atoms with Crippen molar-refractivity contribution < 1.29 is 0 Å². The average molecular weight is 158 g/mol. The predicted molar refractivity (Wildman–Crippen MR) is 50.6 cm³/mol. The molecule has 0 saturated heterocycles. The lowest BCUT2D eigenvalue weighted by Crippen LogP contribution is -2.08. The highest BCUT2D eigenvalue weighted by molar-refractivity contribution is 5.52. The first-order chi connectivity index (χ1) is 5.88. The van der Waals surface area contributed by atoms with Crippen LogP contribution < -0.4 is 0 Å². The van der Waals surface area contributed by atoms with Gasteiger partial charge in [-0.25, -0.2) is 0 Å². The second-order valence-corrected chi connectivity index (χ2v) is 4.15. The van der Waals surface area contributed by atoms with E-state index in [1.54, 1.807) is 22.3 Å². The molecule has 1 atom stereocenters. The Kier molecular flexibility index (Phi) is 1.19. The summed E-state index contributed by atoms with van der Waals surface area (Å²) in [5.41, 5.74) is 6.63. The van der Waals surface area contributed by atoms with E-state index in [2.05, 4.69) is 19.1 Å². The zero-order chi connectivity index (χ0) is 8.13. The van der Waals surface area contributed by atoms with E-state index in [0.29, 0.717) is 0 Å². The van der Waals surface area contributed by atoms with Crippen molar-refractivity contribution in [1.29, 1.82) is 0 Å². The minimum atomic E-state index is 0.893. The molecule has 0 heteroatoms. The topological polar surface area (TPSA) is 0 Å². The van der Waals surface area contributed by atoms with Crippen molar-refractivity contribution in [3.8, 4) is 0 Å². The van der Waals surface area contributed by atoms with Crippen LogP contribution >= 0.6 is 0 Å². The van der Waals surface area contributed by atoms with Gasteiger partial charge in [-0.05, 0) is 53.9 Å². The van der Waals surface area contributed by atoms with Crippen LogP contribution in [-0.2, 0) is 12.8 Å². The maximum atomic E-state index is 2.43. The average Bonchev–Trinajstić information content (AvgIpc) is 2.44. The maximum Gasteiger partial charge on any atom is -0.00225 e. The van der Waals surface area contributed by atoms with Crippen LogP contribution in [0.2, 0.25) is 0 Å². The van der Waals surface area contributed by atoms with Gasteiger partial charge in [0.2, 0.25) is 0 Å². The van der Waals surface area contributed by atoms with Gasteiger partial charge < -0.3 is 0 Å². The molecule has 3 aliphatic rings. The third kappa shape index (κ3) is 0.682. The first-order valence-corrected chi connectivity index (χ1v) is 5.03. The third-order valence-electron chi connectivity index (χ3n) is 3.47. The van der Waals surface area contributed by atoms with E-state index in [-0.39, 0.29) is 0 Å². The van der Waals surface area contributed by atoms with Gasteiger partial charge in [0.25, 0.3) is 0 Å². The van der Waals surface area contributed by atoms with Gasteiger partial charge in [0, 0.05) is 0 Å². The van der Waals surface area contributed by atoms with Crippen LogP contribution in [0.4, 0.5) is 0 Å². The molecule has 0 saturated carbocycles. The molecule has 1 aromatic rings. The first-order valence-electron chi connectivity index (χ1n) is 5.03. The summed E-state index contributed by atoms with van der Waals surface area (Å²) in [7, 11) is 0. The van der Waals surface area contributed by atoms with Crippen molar-refractivity contribution in [2.45, 2.75) is 38.5 Å². The van der Waals surface area contributed by atoms with Crippen molar-refractivity contribution >= 4 is 0 Å². The van der Waals surface area contributed by atoms with Gasteiger partial charge in [0.05, 0.1) is 0 Å². The SMILES string of the molecule is CCC1CCc2cc3cc(c21)C3. The molecule has 0 heterocycles. The monoisotopic (exact) mass is 158 g/mol. The van der Waals surface area contributed by atoms with Gasteiger partial charge in [-0.2, -0.15) is 0 Å². The van der Waals surface area contributed by atoms with Gasteiger partial charge in [-0.3, -0.25) is 0 Å². The van der Waals surface area contributed by atoms with Gasteiger partial charge in [0.1, 0.15) is 0 Å². The molecule has 0 nitrogen and oxygen atoms in total. The van der Waals surface area contributed by atoms with Crippen molar-refractivity contribution in [3.63, 3.8) is 0 Å². The van der Waals surface area contributed by atoms with Crippen LogP contribution in [0.25, 0.3) is 0 Å². The minimum Gasteiger partial charge on any atom is -0.0648 e. The van der Waals surface area contributed by atoms with Crippen LogP contribution in [-0.4, -0.2) is 0 Å². The molecule has 0 aliphatic heterocycles. The molecule has 1 unspecified atom stereocenters. The first kappa shape index (κ1) is 6.71. The maximum absolute atomic E-state index is 2.43. The van der Waals surface area contributed by atoms with E-state index in [4.69, 9.17) is 0 Å². The van der Waals surface area contributed by atoms with Crippen molar-refractivity contribution in [2.24, 2.45) is 0 Å². The molecule has 1 aromatic carbocycles. The van der Waals surface area contributed by atoms with Crippen LogP contribution in [0, 0.1) is 0 Å². The molecular formula is C12H14. The fourth-order valence-electron chi connectivity index (χ4n) is 2.80. The third-order valence-corrected chi connectivity index (χ3v) is 3.47. The van der Waals surface area contributed by atoms with E-state index >= 15 is 0 Å². The predicted octanol–water partition coefficient (Wildman–Crippen LogP) is 3.03. The highest BCUT2D eigenvalue weighted by atomic mass is 14.3. The molecule has 0 spiro atoms. The Labute approximate surface area is 73.6 Å². The second kappa shape index (κ2) is 2.12. The van der Waals surface area contributed by atoms with Gasteiger partial charge in [-0.15, -0.1) is 0 Å². The number of aryl methyl sites for hydroxylation is 1. The van der Waals surface area contributed by atoms with E-state index in [1.807, 2.05) is 0 Å². The summed E-state index contributed by atoms with van der Waals surface area (Å²) in [5.74, 6) is 0.893. The summed E-state index contributed by atoms with van der Waals surface area (Å²) in [6, 6.07) is 4.81. The number of benzene rings is 1. The summed E-state index contributed by atoms with van der Waals surface area (Å²) in [4.78, 5) is 0. The molecule has 2 bridgehead atoms. The molecular weight excluding hydrogens is 144 g/mol. The van der Waals surface area contributed by atoms with Gasteiger partial charge >= 0.3 is 0 Å². The lowest BCUT2D eigenvalue weighted by atomic mass is 9.82. The largest absolute Gasteiger partial charge is 0.0648 e. The standard InChI is InChI=1S/C12H14/c1-2-9-3-4-10-5-8-6-11(7-8)12(9)10/h5-6,9H,2-4,7H2,1H3. The molecule has 12 heavy (non-hydrogen) atoms. The van der Waals surface area contributed by atoms with Gasteiger partial charge in [-0.1, -0.05) is 19.1 Å². The molecule has 4 rings (SSSR count). The smallest absolute Gasteiger partial charge is 0.00225 e. The minimum absolute atomic E-state index is 0.893. The molecule has 0 amide bonds. The van der Waals surface area contributed by atoms with Crippen LogP contribution in [0.1, 0.15) is 47.9 Å². The highest BCUT2D eigenvalue weighted by Crippen LogP contribution is 2.42. The fourth-order valence-corrected chi connectivity index (χ4v) is 2.80. The molecule has 0 N–H and O–H groups in total. The number of hydrogen-bond acceptors (Lipinski definition) is 0. The van der Waals surface area contributed by atoms with Crippen molar-refractivity contribution in [1.82, 2.24) is 0 Å². The normalized spacial score (nSPS) is 23.6. The number of rotatable bonds is 1. The Morgan fingerprint density at radius 1 is 1.33 bits per heavy atom. The molecule has 62 valence electrons. The van der Waals surface area contributed by atoms with Crippen LogP contribution in [0.3, 0.4) is 0 Å². The fraction of sp³-hybridized carbons (Fsp3) is 0.500. The van der Waals surface area contributed by atoms with E-state index in [9.17, 15) is 0 Å². The highest BCUT2D eigenvalue weighted by Gasteiger charge is 2.28.